The maximum atomic E-state index is 12.7. The molecule has 5 nitrogen and oxygen atoms in total. The van der Waals surface area contributed by atoms with Gasteiger partial charge in [0.05, 0.1) is 16.8 Å². The highest BCUT2D eigenvalue weighted by molar-refractivity contribution is 7.16. The third-order valence-corrected chi connectivity index (χ3v) is 5.50. The first kappa shape index (κ1) is 19.0. The summed E-state index contributed by atoms with van der Waals surface area (Å²) in [5.41, 5.74) is 4.59. The third kappa shape index (κ3) is 4.01. The zero-order valence-electron chi connectivity index (χ0n) is 15.9. The first-order valence-electron chi connectivity index (χ1n) is 8.81. The van der Waals surface area contributed by atoms with Gasteiger partial charge in [-0.3, -0.25) is 9.59 Å². The van der Waals surface area contributed by atoms with Gasteiger partial charge in [-0.05, 0) is 62.6 Å². The second kappa shape index (κ2) is 7.88. The summed E-state index contributed by atoms with van der Waals surface area (Å²) >= 11 is 1.40. The Morgan fingerprint density at radius 1 is 1.07 bits per heavy atom. The molecule has 3 aromatic rings. The molecule has 0 N–H and O–H groups in total. The number of hydrogen-bond donors (Lipinski definition) is 0. The first-order chi connectivity index (χ1) is 12.9. The zero-order valence-corrected chi connectivity index (χ0v) is 16.7. The molecular weight excluding hydrogens is 360 g/mol. The van der Waals surface area contributed by atoms with Gasteiger partial charge in [0, 0.05) is 5.56 Å². The van der Waals surface area contributed by atoms with Crippen molar-refractivity contribution in [2.75, 3.05) is 6.61 Å². The average molecular weight is 382 g/mol. The number of carbonyl (C=O) groups is 2. The van der Waals surface area contributed by atoms with Crippen LogP contribution in [0.15, 0.2) is 41.4 Å². The van der Waals surface area contributed by atoms with Crippen molar-refractivity contribution >= 4 is 33.4 Å². The Balaban J connectivity index is 2.17. The van der Waals surface area contributed by atoms with Crippen molar-refractivity contribution in [2.24, 2.45) is 4.99 Å². The fraction of sp³-hybridized carbons (Fsp3) is 0.286. The lowest BCUT2D eigenvalue weighted by Crippen LogP contribution is -2.23. The van der Waals surface area contributed by atoms with Crippen LogP contribution in [0.2, 0.25) is 0 Å². The van der Waals surface area contributed by atoms with Gasteiger partial charge in [0.2, 0.25) is 0 Å². The third-order valence-electron chi connectivity index (χ3n) is 4.46. The molecule has 0 bridgehead atoms. The number of benzene rings is 2. The summed E-state index contributed by atoms with van der Waals surface area (Å²) < 4.78 is 7.85. The summed E-state index contributed by atoms with van der Waals surface area (Å²) in [6.07, 6.45) is 0. The van der Waals surface area contributed by atoms with Crippen LogP contribution in [0.3, 0.4) is 0 Å². The van der Waals surface area contributed by atoms with Gasteiger partial charge in [-0.25, -0.2) is 0 Å². The number of ether oxygens (including phenoxy) is 1. The fourth-order valence-corrected chi connectivity index (χ4v) is 3.96. The van der Waals surface area contributed by atoms with Crippen LogP contribution >= 0.6 is 11.3 Å². The molecule has 0 radical (unpaired) electrons. The number of fused-ring (bicyclic) bond motifs is 1. The van der Waals surface area contributed by atoms with Crippen molar-refractivity contribution in [3.8, 4) is 0 Å². The maximum absolute atomic E-state index is 12.7. The van der Waals surface area contributed by atoms with Gasteiger partial charge in [0.15, 0.2) is 4.80 Å². The quantitative estimate of drug-likeness (QED) is 0.642. The minimum absolute atomic E-state index is 0.0240. The maximum Gasteiger partial charge on any atom is 0.326 e. The number of rotatable bonds is 4. The molecule has 0 fully saturated rings. The molecule has 0 spiro atoms. The smallest absolute Gasteiger partial charge is 0.326 e. The van der Waals surface area contributed by atoms with Crippen molar-refractivity contribution in [2.45, 2.75) is 34.2 Å². The Labute approximate surface area is 161 Å². The molecule has 0 aliphatic rings. The van der Waals surface area contributed by atoms with E-state index in [0.29, 0.717) is 17.0 Å². The molecule has 1 aromatic heterocycles. The lowest BCUT2D eigenvalue weighted by Gasteiger charge is -2.07. The standard InChI is InChI=1S/C21H22N2O3S/c1-5-26-19(24)12-23-17-10-14(3)15(4)11-18(17)27-21(23)22-20(25)16-9-7-6-8-13(16)2/h6-11H,5,12H2,1-4H3. The summed E-state index contributed by atoms with van der Waals surface area (Å²) in [7, 11) is 0. The van der Waals surface area contributed by atoms with Crippen LogP contribution in [0.4, 0.5) is 0 Å². The Kier molecular flexibility index (Phi) is 5.56. The van der Waals surface area contributed by atoms with Gasteiger partial charge in [0.1, 0.15) is 6.54 Å². The number of aromatic nitrogens is 1. The van der Waals surface area contributed by atoms with Crippen LogP contribution in [0.1, 0.15) is 34.0 Å². The number of esters is 1. The van der Waals surface area contributed by atoms with E-state index in [9.17, 15) is 9.59 Å². The number of amides is 1. The fourth-order valence-electron chi connectivity index (χ4n) is 2.86. The molecule has 0 saturated carbocycles. The number of carbonyl (C=O) groups excluding carboxylic acids is 2. The van der Waals surface area contributed by atoms with Gasteiger partial charge < -0.3 is 9.30 Å². The van der Waals surface area contributed by atoms with Crippen LogP contribution in [0.5, 0.6) is 0 Å². The predicted octanol–water partition coefficient (Wildman–Crippen LogP) is 3.93. The minimum atomic E-state index is -0.347. The average Bonchev–Trinajstić information content (AvgIpc) is 2.92. The zero-order chi connectivity index (χ0) is 19.6. The van der Waals surface area contributed by atoms with Gasteiger partial charge in [-0.1, -0.05) is 29.5 Å². The molecule has 0 aliphatic carbocycles. The van der Waals surface area contributed by atoms with E-state index >= 15 is 0 Å². The molecule has 1 heterocycles. The highest BCUT2D eigenvalue weighted by Gasteiger charge is 2.14. The van der Waals surface area contributed by atoms with Gasteiger partial charge in [0.25, 0.3) is 5.91 Å². The minimum Gasteiger partial charge on any atom is -0.465 e. The van der Waals surface area contributed by atoms with E-state index in [-0.39, 0.29) is 18.4 Å². The lowest BCUT2D eigenvalue weighted by atomic mass is 10.1. The van der Waals surface area contributed by atoms with E-state index in [0.717, 1.165) is 26.9 Å². The van der Waals surface area contributed by atoms with Gasteiger partial charge in [-0.2, -0.15) is 4.99 Å². The summed E-state index contributed by atoms with van der Waals surface area (Å²) in [5, 5.41) is 0. The van der Waals surface area contributed by atoms with Crippen molar-refractivity contribution in [1.29, 1.82) is 0 Å². The number of nitrogens with zero attached hydrogens (tertiary/aromatic N) is 2. The van der Waals surface area contributed by atoms with Crippen LogP contribution < -0.4 is 4.80 Å². The van der Waals surface area contributed by atoms with Crippen LogP contribution in [0.25, 0.3) is 10.2 Å². The normalized spacial score (nSPS) is 11.8. The summed E-state index contributed by atoms with van der Waals surface area (Å²) in [6.45, 7) is 8.06. The largest absolute Gasteiger partial charge is 0.465 e. The van der Waals surface area contributed by atoms with Crippen LogP contribution in [-0.2, 0) is 16.1 Å². The number of hydrogen-bond acceptors (Lipinski definition) is 4. The highest BCUT2D eigenvalue weighted by Crippen LogP contribution is 2.22. The topological polar surface area (TPSA) is 60.7 Å². The molecule has 3 rings (SSSR count). The molecule has 0 aliphatic heterocycles. The van der Waals surface area contributed by atoms with Gasteiger partial charge in [-0.15, -0.1) is 0 Å². The molecule has 0 saturated heterocycles. The van der Waals surface area contributed by atoms with Crippen molar-refractivity contribution in [3.63, 3.8) is 0 Å². The summed E-state index contributed by atoms with van der Waals surface area (Å²) in [5.74, 6) is -0.661. The predicted molar refractivity (Wildman–Crippen MR) is 107 cm³/mol. The first-order valence-corrected chi connectivity index (χ1v) is 9.63. The molecule has 2 aromatic carbocycles. The lowest BCUT2D eigenvalue weighted by molar-refractivity contribution is -0.143. The SMILES string of the molecule is CCOC(=O)Cn1c(=NC(=O)c2ccccc2C)sc2cc(C)c(C)cc21. The molecule has 0 unspecified atom stereocenters. The summed E-state index contributed by atoms with van der Waals surface area (Å²) in [6, 6.07) is 11.4. The van der Waals surface area contributed by atoms with Crippen LogP contribution in [0, 0.1) is 20.8 Å². The van der Waals surface area contributed by atoms with E-state index in [1.165, 1.54) is 11.3 Å². The number of aryl methyl sites for hydroxylation is 3. The van der Waals surface area contributed by atoms with Gasteiger partial charge >= 0.3 is 5.97 Å². The van der Waals surface area contributed by atoms with E-state index in [1.54, 1.807) is 17.6 Å². The summed E-state index contributed by atoms with van der Waals surface area (Å²) in [4.78, 5) is 29.7. The molecule has 1 amide bonds. The Hall–Kier alpha value is -2.73. The number of thiazole rings is 1. The Morgan fingerprint density at radius 2 is 1.78 bits per heavy atom. The highest BCUT2D eigenvalue weighted by atomic mass is 32.1. The second-order valence-electron chi connectivity index (χ2n) is 6.41. The van der Waals surface area contributed by atoms with Crippen LogP contribution in [-0.4, -0.2) is 23.1 Å². The van der Waals surface area contributed by atoms with Crippen molar-refractivity contribution in [1.82, 2.24) is 4.57 Å². The van der Waals surface area contributed by atoms with E-state index in [1.807, 2.05) is 45.0 Å². The molecule has 0 atom stereocenters. The molecule has 140 valence electrons. The van der Waals surface area contributed by atoms with Crippen molar-refractivity contribution < 1.29 is 14.3 Å². The Morgan fingerprint density at radius 3 is 2.48 bits per heavy atom. The van der Waals surface area contributed by atoms with Crippen molar-refractivity contribution in [3.05, 3.63) is 63.5 Å². The second-order valence-corrected chi connectivity index (χ2v) is 7.42. The molecule has 6 heteroatoms. The monoisotopic (exact) mass is 382 g/mol. The van der Waals surface area contributed by atoms with E-state index < -0.39 is 0 Å². The van der Waals surface area contributed by atoms with E-state index in [4.69, 9.17) is 4.74 Å². The Bertz CT molecular complexity index is 1090. The molecular formula is C21H22N2O3S. The van der Waals surface area contributed by atoms with E-state index in [2.05, 4.69) is 11.1 Å². The molecule has 27 heavy (non-hydrogen) atoms.